The standard InChI is InChI=1S/C61H120N10O10/c1-3-5-7-9-11-13-15-17-19-21-23-40-55(72)79-47-49(81-56(73)41-24-22-20-18-16-14-12-10-8-6-4-2)48-80-61(78)54(39-29-34-46-66)71-60(77)53(38-28-33-45-65)70-59(76)52(37-27-32-44-64)69-58(75)51(36-26-31-43-63)68-57(74)50(67)35-25-30-42-62/h49-54H,3-48,62-67H2,1-2H3,(H,68,74)(H,69,75)(H,70,76)(H,71,77)/t49-,50+,51+,52+,53+,54+/m1/s1. The second-order valence-corrected chi connectivity index (χ2v) is 22.3. The molecule has 20 heteroatoms. The lowest BCUT2D eigenvalue weighted by Crippen LogP contribution is -2.58. The molecule has 0 saturated carbocycles. The molecule has 6 atom stereocenters. The second-order valence-electron chi connectivity index (χ2n) is 22.3. The van der Waals surface area contributed by atoms with Crippen molar-refractivity contribution in [2.24, 2.45) is 34.4 Å². The van der Waals surface area contributed by atoms with Crippen LogP contribution >= 0.6 is 0 Å². The van der Waals surface area contributed by atoms with E-state index in [1.54, 1.807) is 0 Å². The monoisotopic (exact) mass is 1150 g/mol. The van der Waals surface area contributed by atoms with Gasteiger partial charge in [0.2, 0.25) is 23.6 Å². The highest BCUT2D eigenvalue weighted by Crippen LogP contribution is 2.16. The molecule has 0 aromatic heterocycles. The van der Waals surface area contributed by atoms with Crippen molar-refractivity contribution in [1.82, 2.24) is 21.3 Å². The van der Waals surface area contributed by atoms with Crippen molar-refractivity contribution >= 4 is 41.5 Å². The van der Waals surface area contributed by atoms with Gasteiger partial charge in [0.1, 0.15) is 37.4 Å². The summed E-state index contributed by atoms with van der Waals surface area (Å²) in [6, 6.07) is -5.33. The molecule has 0 saturated heterocycles. The fraction of sp³-hybridized carbons (Fsp3) is 0.885. The number of nitrogens with two attached hydrogens (primary N) is 6. The van der Waals surface area contributed by atoms with Crippen molar-refractivity contribution in [3.05, 3.63) is 0 Å². The molecular weight excluding hydrogens is 1030 g/mol. The lowest BCUT2D eigenvalue weighted by Gasteiger charge is -2.27. The molecule has 474 valence electrons. The highest BCUT2D eigenvalue weighted by Gasteiger charge is 2.33. The summed E-state index contributed by atoms with van der Waals surface area (Å²) in [5.74, 6) is -4.12. The molecule has 0 radical (unpaired) electrons. The Morgan fingerprint density at radius 1 is 0.333 bits per heavy atom. The SMILES string of the molecule is CCCCCCCCCCCCCC(=O)OC[C@H](COC(=O)[C@H](CCCCN)NC(=O)[C@H](CCCCN)NC(=O)[C@H](CCCCN)NC(=O)[C@H](CCCCN)NC(=O)[C@@H](N)CCCCN)OC(=O)CCCCCCCCCCCCC. The highest BCUT2D eigenvalue weighted by atomic mass is 16.6. The van der Waals surface area contributed by atoms with Crippen LogP contribution in [0.15, 0.2) is 0 Å². The van der Waals surface area contributed by atoms with E-state index in [-0.39, 0.29) is 45.1 Å². The van der Waals surface area contributed by atoms with E-state index < -0.39 is 84.5 Å². The Morgan fingerprint density at radius 2 is 0.630 bits per heavy atom. The van der Waals surface area contributed by atoms with Gasteiger partial charge in [-0.15, -0.1) is 0 Å². The summed E-state index contributed by atoms with van der Waals surface area (Å²) < 4.78 is 17.2. The molecule has 0 aliphatic rings. The van der Waals surface area contributed by atoms with E-state index in [2.05, 4.69) is 35.1 Å². The average Bonchev–Trinajstić information content (AvgIpc) is 3.45. The summed E-state index contributed by atoms with van der Waals surface area (Å²) in [4.78, 5) is 95.8. The summed E-state index contributed by atoms with van der Waals surface area (Å²) in [6.45, 7) is 5.58. The maximum Gasteiger partial charge on any atom is 0.328 e. The zero-order chi connectivity index (χ0) is 60.0. The number of nitrogens with one attached hydrogen (secondary N) is 4. The number of carbonyl (C=O) groups is 7. The van der Waals surface area contributed by atoms with Gasteiger partial charge in [0.25, 0.3) is 0 Å². The number of unbranched alkanes of at least 4 members (excludes halogenated alkanes) is 25. The molecule has 0 aromatic carbocycles. The largest absolute Gasteiger partial charge is 0.462 e. The summed E-state index contributed by atoms with van der Waals surface area (Å²) in [5.41, 5.74) is 35.0. The molecule has 16 N–H and O–H groups in total. The van der Waals surface area contributed by atoms with Gasteiger partial charge in [-0.3, -0.25) is 28.8 Å². The third-order valence-electron chi connectivity index (χ3n) is 14.7. The first-order valence-electron chi connectivity index (χ1n) is 32.3. The van der Waals surface area contributed by atoms with Gasteiger partial charge in [-0.25, -0.2) is 4.79 Å². The van der Waals surface area contributed by atoms with Crippen molar-refractivity contribution in [3.63, 3.8) is 0 Å². The lowest BCUT2D eigenvalue weighted by molar-refractivity contribution is -0.168. The molecular formula is C61H120N10O10. The van der Waals surface area contributed by atoms with E-state index in [4.69, 9.17) is 48.6 Å². The van der Waals surface area contributed by atoms with Crippen LogP contribution in [0.1, 0.15) is 264 Å². The van der Waals surface area contributed by atoms with Crippen molar-refractivity contribution in [2.45, 2.75) is 301 Å². The van der Waals surface area contributed by atoms with Crippen molar-refractivity contribution < 1.29 is 47.8 Å². The van der Waals surface area contributed by atoms with Gasteiger partial charge in [-0.05, 0) is 135 Å². The number of rotatable bonds is 58. The average molecular weight is 1150 g/mol. The Balaban J connectivity index is 6.18. The van der Waals surface area contributed by atoms with Crippen molar-refractivity contribution in [2.75, 3.05) is 45.9 Å². The summed E-state index contributed by atoms with van der Waals surface area (Å²) in [7, 11) is 0. The van der Waals surface area contributed by atoms with Crippen LogP contribution < -0.4 is 55.7 Å². The van der Waals surface area contributed by atoms with Gasteiger partial charge in [0.05, 0.1) is 6.04 Å². The van der Waals surface area contributed by atoms with E-state index in [1.165, 1.54) is 89.9 Å². The molecule has 0 aliphatic carbocycles. The molecule has 4 amide bonds. The van der Waals surface area contributed by atoms with Gasteiger partial charge in [-0.2, -0.15) is 0 Å². The maximum absolute atomic E-state index is 14.3. The molecule has 0 rings (SSSR count). The number of carbonyl (C=O) groups excluding carboxylic acids is 7. The Labute approximate surface area is 489 Å². The molecule has 0 aliphatic heterocycles. The number of hydrogen-bond donors (Lipinski definition) is 10. The smallest absolute Gasteiger partial charge is 0.328 e. The molecule has 0 unspecified atom stereocenters. The quantitative estimate of drug-likeness (QED) is 0.0162. The van der Waals surface area contributed by atoms with Gasteiger partial charge in [0.15, 0.2) is 6.10 Å². The fourth-order valence-corrected chi connectivity index (χ4v) is 9.52. The Hall–Kier alpha value is -3.95. The normalized spacial score (nSPS) is 13.5. The third kappa shape index (κ3) is 44.3. The van der Waals surface area contributed by atoms with E-state index in [9.17, 15) is 33.6 Å². The number of esters is 3. The summed E-state index contributed by atoms with van der Waals surface area (Å²) >= 11 is 0. The topological polar surface area (TPSA) is 351 Å². The van der Waals surface area contributed by atoms with Crippen LogP contribution in [0.5, 0.6) is 0 Å². The van der Waals surface area contributed by atoms with E-state index >= 15 is 0 Å². The Kier molecular flexibility index (Phi) is 52.6. The van der Waals surface area contributed by atoms with E-state index in [0.29, 0.717) is 116 Å². The number of hydrogen-bond acceptors (Lipinski definition) is 16. The van der Waals surface area contributed by atoms with E-state index in [1.807, 2.05) is 0 Å². The predicted molar refractivity (Wildman–Crippen MR) is 324 cm³/mol. The van der Waals surface area contributed by atoms with Gasteiger partial charge in [-0.1, -0.05) is 149 Å². The summed E-state index contributed by atoms with van der Waals surface area (Å²) in [5, 5.41) is 11.2. The molecule has 0 bridgehead atoms. The third-order valence-corrected chi connectivity index (χ3v) is 14.7. The molecule has 0 aromatic rings. The van der Waals surface area contributed by atoms with Crippen LogP contribution in [0.25, 0.3) is 0 Å². The van der Waals surface area contributed by atoms with Gasteiger partial charge in [0, 0.05) is 12.8 Å². The van der Waals surface area contributed by atoms with Crippen molar-refractivity contribution in [1.29, 1.82) is 0 Å². The minimum atomic E-state index is -1.19. The van der Waals surface area contributed by atoms with Gasteiger partial charge >= 0.3 is 17.9 Å². The second kappa shape index (κ2) is 55.3. The first kappa shape index (κ1) is 77.0. The maximum atomic E-state index is 14.3. The molecule has 81 heavy (non-hydrogen) atoms. The van der Waals surface area contributed by atoms with Crippen LogP contribution in [-0.4, -0.2) is 124 Å². The zero-order valence-corrected chi connectivity index (χ0v) is 51.0. The van der Waals surface area contributed by atoms with Crippen LogP contribution in [0.4, 0.5) is 0 Å². The lowest BCUT2D eigenvalue weighted by atomic mass is 10.0. The first-order valence-corrected chi connectivity index (χ1v) is 32.3. The zero-order valence-electron chi connectivity index (χ0n) is 51.0. The van der Waals surface area contributed by atoms with Crippen LogP contribution in [-0.2, 0) is 47.8 Å². The summed E-state index contributed by atoms with van der Waals surface area (Å²) in [6.07, 6.45) is 30.9. The predicted octanol–water partition coefficient (Wildman–Crippen LogP) is 7.30. The van der Waals surface area contributed by atoms with E-state index in [0.717, 1.165) is 38.5 Å². The van der Waals surface area contributed by atoms with Crippen LogP contribution in [0.2, 0.25) is 0 Å². The minimum absolute atomic E-state index is 0.147. The molecule has 0 heterocycles. The number of ether oxygens (including phenoxy) is 3. The Bertz CT molecular complexity index is 1600. The number of amides is 4. The Morgan fingerprint density at radius 3 is 1.00 bits per heavy atom. The fourth-order valence-electron chi connectivity index (χ4n) is 9.52. The first-order chi connectivity index (χ1) is 39.3. The minimum Gasteiger partial charge on any atom is -0.462 e. The van der Waals surface area contributed by atoms with Crippen LogP contribution in [0, 0.1) is 0 Å². The highest BCUT2D eigenvalue weighted by molar-refractivity contribution is 5.95. The molecule has 0 fully saturated rings. The molecule has 0 spiro atoms. The molecule has 20 nitrogen and oxygen atoms in total. The van der Waals surface area contributed by atoms with Gasteiger partial charge < -0.3 is 69.9 Å². The van der Waals surface area contributed by atoms with Crippen molar-refractivity contribution in [3.8, 4) is 0 Å². The van der Waals surface area contributed by atoms with Crippen LogP contribution in [0.3, 0.4) is 0 Å².